The number of nitrogens with zero attached hydrogens (tertiary/aromatic N) is 6. The molecule has 0 aromatic carbocycles. The molecule has 0 spiro atoms. The van der Waals surface area contributed by atoms with E-state index in [-0.39, 0.29) is 6.01 Å². The van der Waals surface area contributed by atoms with E-state index in [0.717, 1.165) is 35.4 Å². The molecule has 0 amide bonds. The first-order valence-corrected chi connectivity index (χ1v) is 9.03. The van der Waals surface area contributed by atoms with Gasteiger partial charge in [-0.05, 0) is 37.0 Å². The van der Waals surface area contributed by atoms with Crippen molar-refractivity contribution in [2.24, 2.45) is 0 Å². The third-order valence-corrected chi connectivity index (χ3v) is 4.83. The van der Waals surface area contributed by atoms with Gasteiger partial charge in [0.2, 0.25) is 5.88 Å². The zero-order chi connectivity index (χ0) is 19.1. The molecular formula is C20H18N6O2. The fraction of sp³-hybridized carbons (Fsp3) is 0.250. The van der Waals surface area contributed by atoms with Crippen molar-refractivity contribution in [3.8, 4) is 34.4 Å². The number of methoxy groups -OCH3 is 2. The monoisotopic (exact) mass is 374 g/mol. The van der Waals surface area contributed by atoms with Crippen molar-refractivity contribution in [1.82, 2.24) is 29.5 Å². The molecule has 0 saturated heterocycles. The summed E-state index contributed by atoms with van der Waals surface area (Å²) in [5, 5.41) is 4.76. The van der Waals surface area contributed by atoms with Crippen LogP contribution in [0.3, 0.4) is 0 Å². The lowest BCUT2D eigenvalue weighted by atomic mass is 10.1. The predicted octanol–water partition coefficient (Wildman–Crippen LogP) is 3.14. The topological polar surface area (TPSA) is 87.3 Å². The number of hydrogen-bond acceptors (Lipinski definition) is 7. The van der Waals surface area contributed by atoms with Gasteiger partial charge in [0.05, 0.1) is 37.4 Å². The second kappa shape index (κ2) is 6.56. The Kier molecular flexibility index (Phi) is 3.89. The highest BCUT2D eigenvalue weighted by Crippen LogP contribution is 2.43. The fourth-order valence-electron chi connectivity index (χ4n) is 3.27. The summed E-state index contributed by atoms with van der Waals surface area (Å²) in [7, 11) is 3.10. The summed E-state index contributed by atoms with van der Waals surface area (Å²) in [4.78, 5) is 17.4. The first-order valence-electron chi connectivity index (χ1n) is 9.03. The van der Waals surface area contributed by atoms with Crippen LogP contribution in [0.1, 0.15) is 24.3 Å². The smallest absolute Gasteiger partial charge is 0.319 e. The van der Waals surface area contributed by atoms with Crippen LogP contribution < -0.4 is 9.47 Å². The summed E-state index contributed by atoms with van der Waals surface area (Å²) in [6, 6.07) is 6.22. The molecule has 1 aliphatic rings. The Hall–Kier alpha value is -3.55. The average molecular weight is 374 g/mol. The summed E-state index contributed by atoms with van der Waals surface area (Å²) >= 11 is 0. The van der Waals surface area contributed by atoms with E-state index < -0.39 is 0 Å². The molecule has 8 nitrogen and oxygen atoms in total. The van der Waals surface area contributed by atoms with E-state index in [1.807, 2.05) is 22.8 Å². The van der Waals surface area contributed by atoms with Gasteiger partial charge in [-0.15, -0.1) is 0 Å². The molecule has 1 aliphatic carbocycles. The maximum Gasteiger partial charge on any atom is 0.319 e. The van der Waals surface area contributed by atoms with Crippen LogP contribution in [0.5, 0.6) is 11.9 Å². The van der Waals surface area contributed by atoms with Crippen molar-refractivity contribution in [2.75, 3.05) is 14.2 Å². The second-order valence-electron chi connectivity index (χ2n) is 6.67. The van der Waals surface area contributed by atoms with Crippen LogP contribution in [-0.2, 0) is 0 Å². The Morgan fingerprint density at radius 3 is 2.57 bits per heavy atom. The number of pyridine rings is 1. The van der Waals surface area contributed by atoms with Crippen molar-refractivity contribution in [2.45, 2.75) is 18.8 Å². The number of rotatable bonds is 5. The Bertz CT molecular complexity index is 1150. The molecule has 4 aromatic heterocycles. The minimum atomic E-state index is 0.256. The minimum Gasteiger partial charge on any atom is -0.480 e. The highest BCUT2D eigenvalue weighted by atomic mass is 16.5. The number of fused-ring (bicyclic) bond motifs is 1. The van der Waals surface area contributed by atoms with E-state index in [9.17, 15) is 0 Å². The number of hydrogen-bond donors (Lipinski definition) is 0. The Morgan fingerprint density at radius 1 is 1.04 bits per heavy atom. The molecular weight excluding hydrogens is 356 g/mol. The predicted molar refractivity (Wildman–Crippen MR) is 102 cm³/mol. The third-order valence-electron chi connectivity index (χ3n) is 4.83. The summed E-state index contributed by atoms with van der Waals surface area (Å²) in [6.45, 7) is 0. The van der Waals surface area contributed by atoms with Crippen molar-refractivity contribution in [3.63, 3.8) is 0 Å². The molecule has 0 radical (unpaired) electrons. The number of imidazole rings is 1. The van der Waals surface area contributed by atoms with Gasteiger partial charge in [-0.3, -0.25) is 4.98 Å². The SMILES string of the molecule is COc1ncc(-c2cc(C3CC3)c3nc(-c4ccncc4)cn3n2)c(OC)n1. The lowest BCUT2D eigenvalue weighted by Gasteiger charge is -2.10. The van der Waals surface area contributed by atoms with Crippen LogP contribution in [0.15, 0.2) is 43.0 Å². The number of aromatic nitrogens is 6. The van der Waals surface area contributed by atoms with E-state index >= 15 is 0 Å². The standard InChI is InChI=1S/C20H18N6O2/c1-27-19-15(10-22-20(24-19)28-2)16-9-14(12-3-4-12)18-23-17(11-26(18)25-16)13-5-7-21-8-6-13/h5-12H,3-4H2,1-2H3. The molecule has 0 atom stereocenters. The van der Waals surface area contributed by atoms with Crippen LogP contribution in [0.4, 0.5) is 0 Å². The van der Waals surface area contributed by atoms with Gasteiger partial charge in [-0.25, -0.2) is 14.5 Å². The van der Waals surface area contributed by atoms with Crippen LogP contribution >= 0.6 is 0 Å². The van der Waals surface area contributed by atoms with Gasteiger partial charge in [0, 0.05) is 29.7 Å². The summed E-state index contributed by atoms with van der Waals surface area (Å²) in [5.74, 6) is 0.928. The average Bonchev–Trinajstić information content (AvgIpc) is 3.51. The van der Waals surface area contributed by atoms with E-state index in [2.05, 4.69) is 21.0 Å². The highest BCUT2D eigenvalue weighted by molar-refractivity contribution is 5.70. The van der Waals surface area contributed by atoms with Crippen molar-refractivity contribution in [1.29, 1.82) is 0 Å². The molecule has 8 heteroatoms. The summed E-state index contributed by atoms with van der Waals surface area (Å²) in [5.41, 5.74) is 5.40. The van der Waals surface area contributed by atoms with E-state index in [1.165, 1.54) is 12.7 Å². The largest absolute Gasteiger partial charge is 0.480 e. The van der Waals surface area contributed by atoms with Gasteiger partial charge < -0.3 is 9.47 Å². The molecule has 1 saturated carbocycles. The zero-order valence-electron chi connectivity index (χ0n) is 15.5. The molecule has 0 bridgehead atoms. The van der Waals surface area contributed by atoms with Gasteiger partial charge >= 0.3 is 6.01 Å². The van der Waals surface area contributed by atoms with Crippen LogP contribution in [-0.4, -0.2) is 43.8 Å². The molecule has 140 valence electrons. The lowest BCUT2D eigenvalue weighted by molar-refractivity contribution is 0.353. The maximum absolute atomic E-state index is 5.44. The minimum absolute atomic E-state index is 0.256. The molecule has 0 N–H and O–H groups in total. The normalized spacial score (nSPS) is 13.6. The lowest BCUT2D eigenvalue weighted by Crippen LogP contribution is -2.02. The maximum atomic E-state index is 5.44. The Labute approximate surface area is 161 Å². The van der Waals surface area contributed by atoms with E-state index in [1.54, 1.807) is 25.7 Å². The Morgan fingerprint density at radius 2 is 1.86 bits per heavy atom. The first kappa shape index (κ1) is 16.6. The molecule has 1 fully saturated rings. The highest BCUT2D eigenvalue weighted by Gasteiger charge is 2.28. The van der Waals surface area contributed by atoms with Crippen molar-refractivity contribution >= 4 is 5.65 Å². The van der Waals surface area contributed by atoms with Gasteiger partial charge in [-0.1, -0.05) is 0 Å². The molecule has 28 heavy (non-hydrogen) atoms. The second-order valence-corrected chi connectivity index (χ2v) is 6.67. The molecule has 4 aromatic rings. The van der Waals surface area contributed by atoms with Gasteiger partial charge in [0.1, 0.15) is 0 Å². The van der Waals surface area contributed by atoms with Crippen molar-refractivity contribution < 1.29 is 9.47 Å². The quantitative estimate of drug-likeness (QED) is 0.530. The van der Waals surface area contributed by atoms with Gasteiger partial charge in [-0.2, -0.15) is 10.1 Å². The fourth-order valence-corrected chi connectivity index (χ4v) is 3.27. The van der Waals surface area contributed by atoms with E-state index in [0.29, 0.717) is 17.4 Å². The zero-order valence-corrected chi connectivity index (χ0v) is 15.5. The summed E-state index contributed by atoms with van der Waals surface area (Å²) < 4.78 is 12.4. The third kappa shape index (κ3) is 2.83. The Balaban J connectivity index is 1.69. The first-order chi connectivity index (χ1) is 13.8. The van der Waals surface area contributed by atoms with Gasteiger partial charge in [0.15, 0.2) is 5.65 Å². The summed E-state index contributed by atoms with van der Waals surface area (Å²) in [6.07, 6.45) is 9.46. The molecule has 4 heterocycles. The van der Waals surface area contributed by atoms with Gasteiger partial charge in [0.25, 0.3) is 0 Å². The van der Waals surface area contributed by atoms with Crippen LogP contribution in [0, 0.1) is 0 Å². The van der Waals surface area contributed by atoms with Crippen LogP contribution in [0.25, 0.3) is 28.2 Å². The number of ether oxygens (including phenoxy) is 2. The van der Waals surface area contributed by atoms with Crippen LogP contribution in [0.2, 0.25) is 0 Å². The van der Waals surface area contributed by atoms with E-state index in [4.69, 9.17) is 19.6 Å². The van der Waals surface area contributed by atoms with Crippen molar-refractivity contribution in [3.05, 3.63) is 48.5 Å². The molecule has 0 aliphatic heterocycles. The molecule has 5 rings (SSSR count). The molecule has 0 unspecified atom stereocenters.